The van der Waals surface area contributed by atoms with Crippen molar-refractivity contribution in [3.05, 3.63) is 340 Å². The van der Waals surface area contributed by atoms with Crippen LogP contribution in [0.1, 0.15) is 0 Å². The van der Waals surface area contributed by atoms with Crippen LogP contribution in [0.2, 0.25) is 0 Å². The number of fused-ring (bicyclic) bond motifs is 8. The quantitative estimate of drug-likeness (QED) is 0.0954. The number of para-hydroxylation sites is 2. The van der Waals surface area contributed by atoms with Gasteiger partial charge in [-0.05, 0) is 105 Å². The van der Waals surface area contributed by atoms with Gasteiger partial charge in [-0.25, -0.2) is 0 Å². The molecule has 83 heavy (non-hydrogen) atoms. The van der Waals surface area contributed by atoms with Crippen LogP contribution < -0.4 is 62.2 Å². The Morgan fingerprint density at radius 2 is 0.602 bits per heavy atom. The van der Waals surface area contributed by atoms with Gasteiger partial charge in [0.2, 0.25) is 0 Å². The first-order valence-corrected chi connectivity index (χ1v) is 34.9. The van der Waals surface area contributed by atoms with Gasteiger partial charge in [0.05, 0.1) is 27.8 Å². The molecule has 0 unspecified atom stereocenters. The van der Waals surface area contributed by atoms with E-state index in [1.54, 1.807) is 0 Å². The van der Waals surface area contributed by atoms with Gasteiger partial charge in [-0.1, -0.05) is 297 Å². The molecule has 0 saturated heterocycles. The number of hydrogen-bond donors (Lipinski definition) is 0. The van der Waals surface area contributed by atoms with Crippen LogP contribution in [0, 0.1) is 0 Å². The molecule has 1 aliphatic rings. The van der Waals surface area contributed by atoms with Crippen molar-refractivity contribution in [1.29, 1.82) is 0 Å². The zero-order chi connectivity index (χ0) is 55.0. The molecule has 0 atom stereocenters. The molecule has 16 rings (SSSR count). The Bertz CT molecular complexity index is 4720. The van der Waals surface area contributed by atoms with Crippen LogP contribution in [0.25, 0.3) is 55.0 Å². The van der Waals surface area contributed by atoms with Crippen molar-refractivity contribution >= 4 is 130 Å². The molecule has 0 radical (unpaired) electrons. The highest BCUT2D eigenvalue weighted by molar-refractivity contribution is 7.33. The van der Waals surface area contributed by atoms with Crippen LogP contribution in [0.5, 0.6) is 0 Å². The third-order valence-corrected chi connectivity index (χ3v) is 33.3. The SMILES string of the molecule is c1ccc([Si](c2ccccc2)(c2ccccc2)c2cccc(-n3c4ccccc4c4c(-n5c6ccccc6c6ccc([Si]7(c8ccccc8)c8ccccc8[Si](c8ccccc8)(c8ccccc8)c8ccccc87)cc65)cccc43)c2)cc1. The summed E-state index contributed by atoms with van der Waals surface area (Å²) in [5.41, 5.74) is 7.05. The smallest absolute Gasteiger partial charge is 0.179 e. The second-order valence-corrected chi connectivity index (χ2v) is 33.5. The van der Waals surface area contributed by atoms with Gasteiger partial charge in [0.15, 0.2) is 24.2 Å². The van der Waals surface area contributed by atoms with E-state index in [0.29, 0.717) is 0 Å². The summed E-state index contributed by atoms with van der Waals surface area (Å²) in [7, 11) is -8.87. The van der Waals surface area contributed by atoms with E-state index < -0.39 is 24.2 Å². The van der Waals surface area contributed by atoms with Crippen LogP contribution in [-0.2, 0) is 0 Å². The predicted molar refractivity (Wildman–Crippen MR) is 360 cm³/mol. The van der Waals surface area contributed by atoms with Crippen LogP contribution >= 0.6 is 0 Å². The van der Waals surface area contributed by atoms with E-state index in [4.69, 9.17) is 0 Å². The molecule has 2 aromatic heterocycles. The minimum Gasteiger partial charge on any atom is -0.309 e. The Kier molecular flexibility index (Phi) is 11.6. The molecule has 0 aliphatic carbocycles. The van der Waals surface area contributed by atoms with Crippen molar-refractivity contribution < 1.29 is 0 Å². The highest BCUT2D eigenvalue weighted by atomic mass is 28.3. The van der Waals surface area contributed by atoms with Crippen molar-refractivity contribution in [2.75, 3.05) is 0 Å². The van der Waals surface area contributed by atoms with Crippen LogP contribution in [0.3, 0.4) is 0 Å². The van der Waals surface area contributed by atoms with E-state index in [9.17, 15) is 0 Å². The topological polar surface area (TPSA) is 9.86 Å². The van der Waals surface area contributed by atoms with Gasteiger partial charge >= 0.3 is 0 Å². The lowest BCUT2D eigenvalue weighted by Crippen LogP contribution is -2.93. The summed E-state index contributed by atoms with van der Waals surface area (Å²) < 4.78 is 5.13. The molecule has 13 aromatic carbocycles. The van der Waals surface area contributed by atoms with E-state index in [2.05, 4.69) is 349 Å². The fourth-order valence-electron chi connectivity index (χ4n) is 15.1. The number of nitrogens with zero attached hydrogens (tertiary/aromatic N) is 2. The first-order valence-electron chi connectivity index (χ1n) is 28.9. The Morgan fingerprint density at radius 1 is 0.229 bits per heavy atom. The summed E-state index contributed by atoms with van der Waals surface area (Å²) in [4.78, 5) is 0. The summed E-state index contributed by atoms with van der Waals surface area (Å²) in [6.45, 7) is 0. The zero-order valence-corrected chi connectivity index (χ0v) is 48.7. The molecule has 0 fully saturated rings. The normalized spacial score (nSPS) is 13.5. The average Bonchev–Trinajstić information content (AvgIpc) is 1.29. The van der Waals surface area contributed by atoms with Crippen LogP contribution in [0.4, 0.5) is 0 Å². The fourth-order valence-corrected chi connectivity index (χ4v) is 31.9. The van der Waals surface area contributed by atoms with Gasteiger partial charge in [0, 0.05) is 27.2 Å². The minimum absolute atomic E-state index is 1.14. The third kappa shape index (κ3) is 7.12. The first-order chi connectivity index (χ1) is 41.2. The summed E-state index contributed by atoms with van der Waals surface area (Å²) in [5.74, 6) is 0. The average molecular weight is 1110 g/mol. The highest BCUT2D eigenvalue weighted by Crippen LogP contribution is 2.40. The molecule has 0 N–H and O–H groups in total. The Labute approximate surface area is 487 Å². The Balaban J connectivity index is 0.968. The number of rotatable bonds is 10. The Hall–Kier alpha value is -9.89. The van der Waals surface area contributed by atoms with Crippen molar-refractivity contribution in [2.45, 2.75) is 0 Å². The molecule has 0 amide bonds. The lowest BCUT2D eigenvalue weighted by Gasteiger charge is -2.48. The third-order valence-electron chi connectivity index (χ3n) is 18.3. The first kappa shape index (κ1) is 49.0. The molecule has 5 heteroatoms. The fraction of sp³-hybridized carbons (Fsp3) is 0. The summed E-state index contributed by atoms with van der Waals surface area (Å²) in [5, 5.41) is 21.8. The number of aromatic nitrogens is 2. The summed E-state index contributed by atoms with van der Waals surface area (Å²) >= 11 is 0. The van der Waals surface area contributed by atoms with Gasteiger partial charge in [-0.3, -0.25) is 0 Å². The zero-order valence-electron chi connectivity index (χ0n) is 45.7. The largest absolute Gasteiger partial charge is 0.309 e. The highest BCUT2D eigenvalue weighted by Gasteiger charge is 2.56. The summed E-state index contributed by atoms with van der Waals surface area (Å²) in [6, 6.07) is 130. The van der Waals surface area contributed by atoms with E-state index in [1.165, 1.54) is 106 Å². The molecule has 3 heterocycles. The maximum absolute atomic E-state index is 3.13. The maximum Gasteiger partial charge on any atom is 0.179 e. The van der Waals surface area contributed by atoms with Crippen molar-refractivity contribution in [1.82, 2.24) is 9.13 Å². The molecule has 0 saturated carbocycles. The molecular formula is C78H56N2Si3. The Morgan fingerprint density at radius 3 is 1.11 bits per heavy atom. The molecule has 0 spiro atoms. The van der Waals surface area contributed by atoms with Gasteiger partial charge in [-0.15, -0.1) is 0 Å². The van der Waals surface area contributed by atoms with Gasteiger partial charge in [0.25, 0.3) is 0 Å². The second kappa shape index (κ2) is 19.7. The van der Waals surface area contributed by atoms with Crippen molar-refractivity contribution in [2.24, 2.45) is 0 Å². The van der Waals surface area contributed by atoms with Crippen molar-refractivity contribution in [3.8, 4) is 11.4 Å². The standard InChI is InChI=1S/C78H56N2Si3/c1-7-30-58(31-8-1)81(59-32-9-2-10-33-59,60-34-11-3-12-35-60)64-42-27-29-57(55-64)79-70-46-22-20-44-68(70)78-71(79)47-28-48-72(78)80-69-45-21-19-43-66(69)67-54-53-65(56-73(67)80)83(63-40-17-6-18-41-63)76-51-25-23-49-74(76)82(61-36-13-4-14-37-61,62-38-15-5-16-39-62)75-50-24-26-52-77(75)83/h1-56H. The van der Waals surface area contributed by atoms with Gasteiger partial charge in [0.1, 0.15) is 0 Å². The number of hydrogen-bond acceptors (Lipinski definition) is 0. The van der Waals surface area contributed by atoms with E-state index in [1.807, 2.05) is 0 Å². The van der Waals surface area contributed by atoms with Crippen LogP contribution in [-0.4, -0.2) is 33.4 Å². The molecule has 0 bridgehead atoms. The van der Waals surface area contributed by atoms with Gasteiger partial charge < -0.3 is 9.13 Å². The lowest BCUT2D eigenvalue weighted by atomic mass is 10.1. The van der Waals surface area contributed by atoms with Gasteiger partial charge in [-0.2, -0.15) is 0 Å². The second-order valence-electron chi connectivity index (χ2n) is 22.2. The molecule has 15 aromatic rings. The lowest BCUT2D eigenvalue weighted by molar-refractivity contribution is 1.17. The molecule has 1 aliphatic heterocycles. The number of benzene rings is 13. The molecule has 2 nitrogen and oxygen atoms in total. The van der Waals surface area contributed by atoms with E-state index in [-0.39, 0.29) is 0 Å². The van der Waals surface area contributed by atoms with E-state index >= 15 is 0 Å². The minimum atomic E-state index is -3.13. The van der Waals surface area contributed by atoms with E-state index in [0.717, 1.165) is 11.4 Å². The molecular weight excluding hydrogens is 1050 g/mol. The monoisotopic (exact) mass is 1100 g/mol. The maximum atomic E-state index is 2.62. The van der Waals surface area contributed by atoms with Crippen molar-refractivity contribution in [3.63, 3.8) is 0 Å². The van der Waals surface area contributed by atoms with Crippen LogP contribution in [0.15, 0.2) is 340 Å². The summed E-state index contributed by atoms with van der Waals surface area (Å²) in [6.07, 6.45) is 0. The predicted octanol–water partition coefficient (Wildman–Crippen LogP) is 10.3. The molecule has 390 valence electrons.